The molecule has 0 atom stereocenters. The Kier molecular flexibility index (Phi) is 6.53. The fourth-order valence-corrected chi connectivity index (χ4v) is 3.45. The van der Waals surface area contributed by atoms with Crippen LogP contribution in [-0.2, 0) is 22.4 Å². The van der Waals surface area contributed by atoms with Crippen LogP contribution in [0.4, 0.5) is 5.69 Å². The number of carbonyl (C=O) groups is 2. The van der Waals surface area contributed by atoms with Crippen LogP contribution < -0.4 is 19.7 Å². The second-order valence-electron chi connectivity index (χ2n) is 6.74. The van der Waals surface area contributed by atoms with Crippen molar-refractivity contribution in [2.75, 3.05) is 32.2 Å². The van der Waals surface area contributed by atoms with Crippen LogP contribution in [0.2, 0.25) is 0 Å². The van der Waals surface area contributed by atoms with E-state index in [1.54, 1.807) is 19.1 Å². The van der Waals surface area contributed by atoms with Gasteiger partial charge in [0.05, 0.1) is 14.2 Å². The molecule has 1 heterocycles. The Hall–Kier alpha value is -3.02. The quantitative estimate of drug-likeness (QED) is 0.800. The van der Waals surface area contributed by atoms with Gasteiger partial charge in [-0.05, 0) is 42.5 Å². The van der Waals surface area contributed by atoms with Crippen molar-refractivity contribution in [3.63, 3.8) is 0 Å². The highest BCUT2D eigenvalue weighted by atomic mass is 16.5. The fraction of sp³-hybridized carbons (Fsp3) is 0.364. The Bertz CT molecular complexity index is 850. The minimum absolute atomic E-state index is 0.00285. The van der Waals surface area contributed by atoms with Crippen molar-refractivity contribution in [1.29, 1.82) is 0 Å². The van der Waals surface area contributed by atoms with Gasteiger partial charge in [0, 0.05) is 24.7 Å². The summed E-state index contributed by atoms with van der Waals surface area (Å²) in [6, 6.07) is 13.4. The summed E-state index contributed by atoms with van der Waals surface area (Å²) in [5, 5.41) is 2.91. The summed E-state index contributed by atoms with van der Waals surface area (Å²) in [4.78, 5) is 26.5. The molecule has 2 aromatic carbocycles. The number of nitrogens with zero attached hydrogens (tertiary/aromatic N) is 1. The first-order valence-corrected chi connectivity index (χ1v) is 9.48. The molecule has 0 fully saturated rings. The molecule has 0 spiro atoms. The molecule has 3 rings (SSSR count). The number of amides is 2. The standard InChI is InChI=1S/C22H26N2O4/c1-27-18-11-10-17(20(14-18)28-2)12-13-23-21(25)15-24-19-8-4-3-6-16(19)7-5-9-22(24)26/h3-4,6,8,10-11,14H,5,7,9,12-13,15H2,1-2H3,(H,23,25). The lowest BCUT2D eigenvalue weighted by molar-refractivity contribution is -0.123. The van der Waals surface area contributed by atoms with Gasteiger partial charge in [-0.15, -0.1) is 0 Å². The molecular weight excluding hydrogens is 356 g/mol. The molecule has 0 unspecified atom stereocenters. The number of aryl methyl sites for hydroxylation is 1. The number of fused-ring (bicyclic) bond motifs is 1. The first-order chi connectivity index (χ1) is 13.6. The number of nitrogens with one attached hydrogen (secondary N) is 1. The number of carbonyl (C=O) groups excluding carboxylic acids is 2. The van der Waals surface area contributed by atoms with E-state index in [9.17, 15) is 9.59 Å². The number of hydrogen-bond donors (Lipinski definition) is 1. The third kappa shape index (κ3) is 4.63. The molecule has 1 aliphatic heterocycles. The second-order valence-corrected chi connectivity index (χ2v) is 6.74. The van der Waals surface area contributed by atoms with E-state index in [0.29, 0.717) is 19.4 Å². The lowest BCUT2D eigenvalue weighted by Gasteiger charge is -2.22. The van der Waals surface area contributed by atoms with E-state index in [2.05, 4.69) is 5.32 Å². The molecule has 28 heavy (non-hydrogen) atoms. The Morgan fingerprint density at radius 1 is 1.11 bits per heavy atom. The monoisotopic (exact) mass is 382 g/mol. The maximum Gasteiger partial charge on any atom is 0.240 e. The van der Waals surface area contributed by atoms with Crippen LogP contribution in [0.1, 0.15) is 24.0 Å². The highest BCUT2D eigenvalue weighted by Gasteiger charge is 2.23. The van der Waals surface area contributed by atoms with E-state index >= 15 is 0 Å². The zero-order valence-corrected chi connectivity index (χ0v) is 16.4. The Balaban J connectivity index is 1.59. The summed E-state index contributed by atoms with van der Waals surface area (Å²) < 4.78 is 10.6. The lowest BCUT2D eigenvalue weighted by atomic mass is 10.1. The van der Waals surface area contributed by atoms with Gasteiger partial charge < -0.3 is 19.7 Å². The van der Waals surface area contributed by atoms with Gasteiger partial charge in [-0.25, -0.2) is 0 Å². The predicted molar refractivity (Wildman–Crippen MR) is 108 cm³/mol. The van der Waals surface area contributed by atoms with E-state index in [1.165, 1.54) is 0 Å². The van der Waals surface area contributed by atoms with Crippen molar-refractivity contribution in [1.82, 2.24) is 5.32 Å². The van der Waals surface area contributed by atoms with Gasteiger partial charge >= 0.3 is 0 Å². The van der Waals surface area contributed by atoms with Gasteiger partial charge in [-0.2, -0.15) is 0 Å². The van der Waals surface area contributed by atoms with Gasteiger partial charge in [0.1, 0.15) is 18.0 Å². The van der Waals surface area contributed by atoms with Crippen LogP contribution in [0.15, 0.2) is 42.5 Å². The van der Waals surface area contributed by atoms with E-state index in [4.69, 9.17) is 9.47 Å². The van der Waals surface area contributed by atoms with Gasteiger partial charge in [0.25, 0.3) is 0 Å². The van der Waals surface area contributed by atoms with E-state index in [0.717, 1.165) is 41.2 Å². The van der Waals surface area contributed by atoms with Crippen molar-refractivity contribution < 1.29 is 19.1 Å². The lowest BCUT2D eigenvalue weighted by Crippen LogP contribution is -2.41. The Morgan fingerprint density at radius 3 is 2.71 bits per heavy atom. The van der Waals surface area contributed by atoms with Crippen LogP contribution in [0.25, 0.3) is 0 Å². The number of benzene rings is 2. The Labute approximate surface area is 165 Å². The number of para-hydroxylation sites is 1. The van der Waals surface area contributed by atoms with Crippen LogP contribution in [0.5, 0.6) is 11.5 Å². The number of methoxy groups -OCH3 is 2. The molecule has 2 aromatic rings. The number of anilines is 1. The average molecular weight is 382 g/mol. The van der Waals surface area contributed by atoms with Crippen molar-refractivity contribution in [2.24, 2.45) is 0 Å². The molecule has 0 saturated heterocycles. The first-order valence-electron chi connectivity index (χ1n) is 9.48. The zero-order valence-electron chi connectivity index (χ0n) is 16.4. The first kappa shape index (κ1) is 19.7. The molecule has 2 amide bonds. The second kappa shape index (κ2) is 9.26. The smallest absolute Gasteiger partial charge is 0.240 e. The topological polar surface area (TPSA) is 67.9 Å². The molecule has 0 bridgehead atoms. The van der Waals surface area contributed by atoms with Crippen molar-refractivity contribution in [2.45, 2.75) is 25.7 Å². The summed E-state index contributed by atoms with van der Waals surface area (Å²) in [6.45, 7) is 0.501. The fourth-order valence-electron chi connectivity index (χ4n) is 3.45. The van der Waals surface area contributed by atoms with E-state index in [1.807, 2.05) is 42.5 Å². The van der Waals surface area contributed by atoms with Gasteiger partial charge in [0.15, 0.2) is 0 Å². The van der Waals surface area contributed by atoms with Gasteiger partial charge in [-0.3, -0.25) is 9.59 Å². The molecule has 1 aliphatic rings. The molecule has 0 aliphatic carbocycles. The molecule has 0 aromatic heterocycles. The number of hydrogen-bond acceptors (Lipinski definition) is 4. The average Bonchev–Trinajstić information content (AvgIpc) is 2.87. The van der Waals surface area contributed by atoms with Gasteiger partial charge in [0.2, 0.25) is 11.8 Å². The molecule has 0 saturated carbocycles. The van der Waals surface area contributed by atoms with Crippen LogP contribution in [-0.4, -0.2) is 39.1 Å². The van der Waals surface area contributed by atoms with Crippen LogP contribution in [0.3, 0.4) is 0 Å². The summed E-state index contributed by atoms with van der Waals surface area (Å²) in [6.07, 6.45) is 2.76. The van der Waals surface area contributed by atoms with Crippen molar-refractivity contribution in [3.8, 4) is 11.5 Å². The van der Waals surface area contributed by atoms with Crippen molar-refractivity contribution in [3.05, 3.63) is 53.6 Å². The van der Waals surface area contributed by atoms with Crippen LogP contribution >= 0.6 is 0 Å². The highest BCUT2D eigenvalue weighted by molar-refractivity contribution is 5.99. The van der Waals surface area contributed by atoms with E-state index < -0.39 is 0 Å². The number of rotatable bonds is 7. The Morgan fingerprint density at radius 2 is 1.93 bits per heavy atom. The van der Waals surface area contributed by atoms with Crippen molar-refractivity contribution >= 4 is 17.5 Å². The maximum atomic E-state index is 12.5. The highest BCUT2D eigenvalue weighted by Crippen LogP contribution is 2.27. The third-order valence-electron chi connectivity index (χ3n) is 4.93. The predicted octanol–water partition coefficient (Wildman–Crippen LogP) is 2.73. The van der Waals surface area contributed by atoms with E-state index in [-0.39, 0.29) is 18.4 Å². The minimum Gasteiger partial charge on any atom is -0.497 e. The molecular formula is C22H26N2O4. The molecule has 0 radical (unpaired) electrons. The SMILES string of the molecule is COc1ccc(CCNC(=O)CN2C(=O)CCCc3ccccc32)c(OC)c1. The summed E-state index contributed by atoms with van der Waals surface area (Å²) in [5.74, 6) is 1.28. The van der Waals surface area contributed by atoms with Gasteiger partial charge in [-0.1, -0.05) is 24.3 Å². The largest absolute Gasteiger partial charge is 0.497 e. The molecule has 6 heteroatoms. The number of ether oxygens (including phenoxy) is 2. The maximum absolute atomic E-state index is 12.5. The summed E-state index contributed by atoms with van der Waals surface area (Å²) in [5.41, 5.74) is 2.95. The summed E-state index contributed by atoms with van der Waals surface area (Å²) in [7, 11) is 3.22. The zero-order chi connectivity index (χ0) is 19.9. The third-order valence-corrected chi connectivity index (χ3v) is 4.93. The minimum atomic E-state index is -0.169. The normalized spacial score (nSPS) is 13.5. The molecule has 6 nitrogen and oxygen atoms in total. The molecule has 148 valence electrons. The summed E-state index contributed by atoms with van der Waals surface area (Å²) >= 11 is 0. The molecule has 1 N–H and O–H groups in total. The van der Waals surface area contributed by atoms with Crippen LogP contribution in [0, 0.1) is 0 Å².